The lowest BCUT2D eigenvalue weighted by atomic mass is 9.91. The fraction of sp³-hybridized carbons (Fsp3) is 0.292. The van der Waals surface area contributed by atoms with E-state index >= 15 is 0 Å². The summed E-state index contributed by atoms with van der Waals surface area (Å²) in [7, 11) is 0. The van der Waals surface area contributed by atoms with E-state index in [-0.39, 0.29) is 23.9 Å². The number of fused-ring (bicyclic) bond motifs is 1. The summed E-state index contributed by atoms with van der Waals surface area (Å²) in [6.07, 6.45) is -0.651. The van der Waals surface area contributed by atoms with Crippen LogP contribution in [0.3, 0.4) is 0 Å². The van der Waals surface area contributed by atoms with Crippen molar-refractivity contribution in [1.29, 1.82) is 0 Å². The molecule has 5 rings (SSSR count). The normalized spacial score (nSPS) is 18.4. The third-order valence-electron chi connectivity index (χ3n) is 5.97. The van der Waals surface area contributed by atoms with Crippen LogP contribution in [0.5, 0.6) is 11.5 Å². The lowest BCUT2D eigenvalue weighted by Crippen LogP contribution is -2.69. The molecule has 2 aliphatic rings. The fourth-order valence-corrected chi connectivity index (χ4v) is 4.54. The van der Waals surface area contributed by atoms with Crippen LogP contribution in [0.25, 0.3) is 21.9 Å². The Morgan fingerprint density at radius 3 is 2.58 bits per heavy atom. The largest absolute Gasteiger partial charge is 0.508 e. The molecule has 2 aliphatic heterocycles. The van der Waals surface area contributed by atoms with Crippen LogP contribution >= 0.6 is 0 Å². The van der Waals surface area contributed by atoms with Gasteiger partial charge < -0.3 is 25.6 Å². The van der Waals surface area contributed by atoms with Crippen molar-refractivity contribution in [2.24, 2.45) is 0 Å². The quantitative estimate of drug-likeness (QED) is 0.492. The number of β-amino-alcohol motifs (C(OH)–C–C–N with tert-alkyl or cyclic N) is 1. The Bertz CT molecular complexity index is 1110. The number of aromatic hydroxyl groups is 1. The minimum atomic E-state index is -0.651. The second-order valence-electron chi connectivity index (χ2n) is 8.43. The van der Waals surface area contributed by atoms with Gasteiger partial charge in [0.2, 0.25) is 0 Å². The van der Waals surface area contributed by atoms with E-state index in [4.69, 9.17) is 4.74 Å². The number of urea groups is 1. The number of aliphatic hydroxyl groups excluding tert-OH is 1. The highest BCUT2D eigenvalue weighted by Crippen LogP contribution is 2.37. The van der Waals surface area contributed by atoms with Crippen molar-refractivity contribution < 1.29 is 19.7 Å². The first-order chi connectivity index (χ1) is 15.0. The molecule has 0 radical (unpaired) electrons. The number of rotatable bonds is 6. The van der Waals surface area contributed by atoms with Gasteiger partial charge in [-0.3, -0.25) is 4.90 Å². The van der Waals surface area contributed by atoms with Gasteiger partial charge in [-0.2, -0.15) is 0 Å². The van der Waals surface area contributed by atoms with Gasteiger partial charge in [0.05, 0.1) is 5.54 Å². The molecule has 3 aromatic carbocycles. The smallest absolute Gasteiger partial charge is 0.315 e. The summed E-state index contributed by atoms with van der Waals surface area (Å²) in [6.45, 7) is 2.72. The van der Waals surface area contributed by atoms with Crippen molar-refractivity contribution in [3.8, 4) is 22.6 Å². The molecular weight excluding hydrogens is 394 g/mol. The summed E-state index contributed by atoms with van der Waals surface area (Å²) in [5, 5.41) is 28.1. The number of nitrogens with zero attached hydrogens (tertiary/aromatic N) is 1. The lowest BCUT2D eigenvalue weighted by molar-refractivity contribution is 0.00550. The lowest BCUT2D eigenvalue weighted by Gasteiger charge is -2.47. The van der Waals surface area contributed by atoms with Crippen molar-refractivity contribution in [3.63, 3.8) is 0 Å². The molecule has 0 saturated carbocycles. The van der Waals surface area contributed by atoms with Gasteiger partial charge >= 0.3 is 6.03 Å². The van der Waals surface area contributed by atoms with Crippen LogP contribution in [0.2, 0.25) is 0 Å². The van der Waals surface area contributed by atoms with Gasteiger partial charge in [-0.05, 0) is 34.5 Å². The number of carbonyl (C=O) groups is 1. The first-order valence-electron chi connectivity index (χ1n) is 10.4. The van der Waals surface area contributed by atoms with Gasteiger partial charge in [-0.25, -0.2) is 4.79 Å². The van der Waals surface area contributed by atoms with E-state index < -0.39 is 6.10 Å². The van der Waals surface area contributed by atoms with Crippen LogP contribution in [-0.2, 0) is 0 Å². The number of ether oxygens (including phenoxy) is 1. The van der Waals surface area contributed by atoms with E-state index in [1.54, 1.807) is 12.1 Å². The first kappa shape index (κ1) is 19.7. The molecule has 7 nitrogen and oxygen atoms in total. The zero-order valence-electron chi connectivity index (χ0n) is 17.0. The van der Waals surface area contributed by atoms with E-state index in [0.29, 0.717) is 18.8 Å². The Morgan fingerprint density at radius 1 is 1.06 bits per heavy atom. The maximum Gasteiger partial charge on any atom is 0.315 e. The summed E-state index contributed by atoms with van der Waals surface area (Å²) >= 11 is 0. The topological polar surface area (TPSA) is 94.1 Å². The predicted molar refractivity (Wildman–Crippen MR) is 118 cm³/mol. The van der Waals surface area contributed by atoms with Crippen LogP contribution in [0.4, 0.5) is 4.79 Å². The molecule has 2 heterocycles. The van der Waals surface area contributed by atoms with Gasteiger partial charge in [0, 0.05) is 31.7 Å². The molecule has 7 heteroatoms. The van der Waals surface area contributed by atoms with Crippen LogP contribution in [0.1, 0.15) is 0 Å². The van der Waals surface area contributed by atoms with Crippen LogP contribution in [0.15, 0.2) is 60.7 Å². The number of hydrogen-bond donors (Lipinski definition) is 4. The van der Waals surface area contributed by atoms with Gasteiger partial charge in [0.1, 0.15) is 24.2 Å². The van der Waals surface area contributed by atoms with Crippen molar-refractivity contribution in [2.45, 2.75) is 11.6 Å². The maximum absolute atomic E-state index is 11.4. The molecule has 0 aromatic heterocycles. The molecule has 2 saturated heterocycles. The Labute approximate surface area is 180 Å². The first-order valence-corrected chi connectivity index (χ1v) is 10.4. The molecule has 4 N–H and O–H groups in total. The highest BCUT2D eigenvalue weighted by Gasteiger charge is 2.47. The molecule has 31 heavy (non-hydrogen) atoms. The third kappa shape index (κ3) is 3.89. The maximum atomic E-state index is 11.4. The number of phenols is 1. The second-order valence-corrected chi connectivity index (χ2v) is 8.43. The van der Waals surface area contributed by atoms with E-state index in [1.165, 1.54) is 0 Å². The van der Waals surface area contributed by atoms with Crippen LogP contribution in [-0.4, -0.2) is 65.6 Å². The van der Waals surface area contributed by atoms with Gasteiger partial charge in [0.25, 0.3) is 0 Å². The highest BCUT2D eigenvalue weighted by atomic mass is 16.5. The van der Waals surface area contributed by atoms with Crippen molar-refractivity contribution >= 4 is 16.8 Å². The van der Waals surface area contributed by atoms with Crippen molar-refractivity contribution in [2.75, 3.05) is 32.8 Å². The summed E-state index contributed by atoms with van der Waals surface area (Å²) in [5.74, 6) is 0.902. The predicted octanol–water partition coefficient (Wildman–Crippen LogP) is 2.32. The molecule has 1 spiro atoms. The van der Waals surface area contributed by atoms with E-state index in [2.05, 4.69) is 15.5 Å². The number of hydrogen-bond acceptors (Lipinski definition) is 5. The van der Waals surface area contributed by atoms with Crippen LogP contribution in [0, 0.1) is 0 Å². The fourth-order valence-electron chi connectivity index (χ4n) is 4.54. The Morgan fingerprint density at radius 2 is 1.84 bits per heavy atom. The molecule has 160 valence electrons. The summed E-state index contributed by atoms with van der Waals surface area (Å²) in [5.41, 5.74) is 1.68. The minimum Gasteiger partial charge on any atom is -0.508 e. The average Bonchev–Trinajstić information content (AvgIpc) is 3.14. The monoisotopic (exact) mass is 419 g/mol. The SMILES string of the molecule is O=C1NCC2(CN(CC(O)COc3ccc4ccccc4c3-c3ccc(O)cc3)C2)N1. The number of carbonyl (C=O) groups excluding carboxylic acids is 1. The molecule has 1 atom stereocenters. The molecule has 3 aromatic rings. The van der Waals surface area contributed by atoms with Gasteiger partial charge in [-0.15, -0.1) is 0 Å². The zero-order chi connectivity index (χ0) is 21.4. The van der Waals surface area contributed by atoms with Crippen molar-refractivity contribution in [3.05, 3.63) is 60.7 Å². The third-order valence-corrected chi connectivity index (χ3v) is 5.97. The van der Waals surface area contributed by atoms with E-state index in [9.17, 15) is 15.0 Å². The molecule has 1 unspecified atom stereocenters. The molecular formula is C24H25N3O4. The molecule has 2 fully saturated rings. The number of aliphatic hydroxyl groups is 1. The number of amides is 2. The Balaban J connectivity index is 1.29. The number of likely N-dealkylation sites (tertiary alicyclic amines) is 1. The zero-order valence-corrected chi connectivity index (χ0v) is 17.0. The molecule has 0 bridgehead atoms. The minimum absolute atomic E-state index is 0.124. The summed E-state index contributed by atoms with van der Waals surface area (Å²) in [6, 6.07) is 18.9. The van der Waals surface area contributed by atoms with Gasteiger partial charge in [0.15, 0.2) is 0 Å². The number of benzene rings is 3. The Kier molecular flexibility index (Phi) is 4.92. The number of phenolic OH excluding ortho intramolecular Hbond substituents is 1. The van der Waals surface area contributed by atoms with Gasteiger partial charge in [-0.1, -0.05) is 42.5 Å². The standard InChI is InChI=1S/C24H25N3O4/c28-18-8-5-17(6-9-18)22-20-4-2-1-3-16(20)7-10-21(22)31-12-19(29)11-27-14-24(15-27)13-25-23(30)26-24/h1-10,19,28-29H,11-15H2,(H2,25,26,30). The van der Waals surface area contributed by atoms with E-state index in [1.807, 2.05) is 48.5 Å². The second kappa shape index (κ2) is 7.76. The average molecular weight is 419 g/mol. The Hall–Kier alpha value is -3.29. The highest BCUT2D eigenvalue weighted by molar-refractivity contribution is 5.99. The van der Waals surface area contributed by atoms with E-state index in [0.717, 1.165) is 35.0 Å². The molecule has 2 amide bonds. The molecule has 0 aliphatic carbocycles. The summed E-state index contributed by atoms with van der Waals surface area (Å²) < 4.78 is 6.07. The number of nitrogens with one attached hydrogen (secondary N) is 2. The van der Waals surface area contributed by atoms with Crippen LogP contribution < -0.4 is 15.4 Å². The van der Waals surface area contributed by atoms with Crippen molar-refractivity contribution in [1.82, 2.24) is 15.5 Å². The summed E-state index contributed by atoms with van der Waals surface area (Å²) in [4.78, 5) is 13.5.